The lowest BCUT2D eigenvalue weighted by Gasteiger charge is -2.25. The Labute approximate surface area is 199 Å². The summed E-state index contributed by atoms with van der Waals surface area (Å²) in [6.45, 7) is 3.80. The second-order valence-electron chi connectivity index (χ2n) is 9.99. The maximum Gasteiger partial charge on any atom is 0.407 e. The number of rotatable bonds is 10. The van der Waals surface area contributed by atoms with Crippen LogP contribution in [-0.2, 0) is 14.3 Å². The van der Waals surface area contributed by atoms with Crippen molar-refractivity contribution in [3.63, 3.8) is 0 Å². The molecule has 0 spiro atoms. The normalized spacial score (nSPS) is 15.7. The van der Waals surface area contributed by atoms with Crippen LogP contribution in [0, 0.1) is 17.3 Å². The van der Waals surface area contributed by atoms with Crippen LogP contribution in [0.3, 0.4) is 0 Å². The van der Waals surface area contributed by atoms with E-state index in [1.165, 1.54) is 0 Å². The van der Waals surface area contributed by atoms with Gasteiger partial charge in [0.05, 0.1) is 11.3 Å². The molecule has 1 unspecified atom stereocenters. The summed E-state index contributed by atoms with van der Waals surface area (Å²) in [5.41, 5.74) is 3.68. The third kappa shape index (κ3) is 5.41. The zero-order valence-corrected chi connectivity index (χ0v) is 19.7. The lowest BCUT2D eigenvalue weighted by Crippen LogP contribution is -2.46. The van der Waals surface area contributed by atoms with Crippen LogP contribution in [0.5, 0.6) is 0 Å². The zero-order valence-electron chi connectivity index (χ0n) is 19.7. The fraction of sp³-hybridized carbons (Fsp3) is 0.444. The molecule has 1 fully saturated rings. The van der Waals surface area contributed by atoms with Gasteiger partial charge in [-0.3, -0.25) is 9.59 Å². The number of benzene rings is 2. The Kier molecular flexibility index (Phi) is 6.91. The molecule has 0 saturated heterocycles. The molecule has 0 bridgehead atoms. The van der Waals surface area contributed by atoms with Crippen molar-refractivity contribution in [2.45, 2.75) is 39.0 Å². The van der Waals surface area contributed by atoms with E-state index in [-0.39, 0.29) is 31.5 Å². The minimum absolute atomic E-state index is 0.0334. The quantitative estimate of drug-likeness (QED) is 0.490. The van der Waals surface area contributed by atoms with E-state index in [1.807, 2.05) is 24.3 Å². The average molecular weight is 465 g/mol. The molecule has 7 nitrogen and oxygen atoms in total. The van der Waals surface area contributed by atoms with Gasteiger partial charge >= 0.3 is 12.1 Å². The van der Waals surface area contributed by atoms with E-state index in [4.69, 9.17) is 4.74 Å². The number of hydrogen-bond acceptors (Lipinski definition) is 4. The van der Waals surface area contributed by atoms with Crippen molar-refractivity contribution < 1.29 is 24.2 Å². The van der Waals surface area contributed by atoms with Gasteiger partial charge in [0.15, 0.2) is 0 Å². The highest BCUT2D eigenvalue weighted by atomic mass is 16.5. The first-order valence-electron chi connectivity index (χ1n) is 11.9. The van der Waals surface area contributed by atoms with Crippen LogP contribution >= 0.6 is 0 Å². The van der Waals surface area contributed by atoms with Gasteiger partial charge in [0.2, 0.25) is 5.91 Å². The van der Waals surface area contributed by atoms with Crippen molar-refractivity contribution in [3.8, 4) is 11.1 Å². The van der Waals surface area contributed by atoms with Gasteiger partial charge in [-0.1, -0.05) is 61.4 Å². The molecule has 1 saturated carbocycles. The lowest BCUT2D eigenvalue weighted by molar-refractivity contribution is -0.142. The highest BCUT2D eigenvalue weighted by molar-refractivity contribution is 5.83. The summed E-state index contributed by atoms with van der Waals surface area (Å²) in [6.07, 6.45) is 2.13. The number of carboxylic acid groups (broad SMARTS) is 1. The molecule has 180 valence electrons. The molecule has 0 heterocycles. The Bertz CT molecular complexity index is 1030. The van der Waals surface area contributed by atoms with Crippen molar-refractivity contribution in [3.05, 3.63) is 59.7 Å². The summed E-state index contributed by atoms with van der Waals surface area (Å²) >= 11 is 0. The van der Waals surface area contributed by atoms with E-state index >= 15 is 0 Å². The smallest absolute Gasteiger partial charge is 0.407 e. The molecule has 1 atom stereocenters. The maximum atomic E-state index is 12.7. The van der Waals surface area contributed by atoms with Gasteiger partial charge in [-0.05, 0) is 48.4 Å². The van der Waals surface area contributed by atoms with E-state index in [0.717, 1.165) is 35.1 Å². The van der Waals surface area contributed by atoms with E-state index in [0.29, 0.717) is 12.3 Å². The Balaban J connectivity index is 1.27. The summed E-state index contributed by atoms with van der Waals surface area (Å²) in [7, 11) is 0. The molecule has 2 aromatic carbocycles. The molecule has 0 aliphatic heterocycles. The molecule has 2 aliphatic rings. The largest absolute Gasteiger partial charge is 0.481 e. The number of amides is 2. The third-order valence-electron chi connectivity index (χ3n) is 6.81. The standard InChI is InChI=1S/C27H32N2O5/c1-27(2,25(32)28-14-18(24(30)31)13-17-11-12-17)16-29-26(33)34-15-23-21-9-5-3-7-19(21)20-8-4-6-10-22(20)23/h3-10,17-18,23H,11-16H2,1-2H3,(H,28,32)(H,29,33)(H,30,31). The fourth-order valence-corrected chi connectivity index (χ4v) is 4.51. The van der Waals surface area contributed by atoms with Crippen LogP contribution in [0.2, 0.25) is 0 Å². The van der Waals surface area contributed by atoms with Crippen molar-refractivity contribution in [1.29, 1.82) is 0 Å². The number of carbonyl (C=O) groups excluding carboxylic acids is 2. The minimum Gasteiger partial charge on any atom is -0.481 e. The number of hydrogen-bond donors (Lipinski definition) is 3. The van der Waals surface area contributed by atoms with E-state index in [2.05, 4.69) is 34.9 Å². The first-order valence-corrected chi connectivity index (χ1v) is 11.9. The number of nitrogens with one attached hydrogen (secondary N) is 2. The zero-order chi connectivity index (χ0) is 24.3. The first kappa shape index (κ1) is 23.8. The Hall–Kier alpha value is -3.35. The molecular weight excluding hydrogens is 432 g/mol. The number of aliphatic carboxylic acids is 1. The summed E-state index contributed by atoms with van der Waals surface area (Å²) in [5.74, 6) is -1.34. The van der Waals surface area contributed by atoms with Crippen molar-refractivity contribution in [1.82, 2.24) is 10.6 Å². The van der Waals surface area contributed by atoms with E-state index in [9.17, 15) is 19.5 Å². The van der Waals surface area contributed by atoms with E-state index in [1.54, 1.807) is 13.8 Å². The Morgan fingerprint density at radius 3 is 2.15 bits per heavy atom. The highest BCUT2D eigenvalue weighted by Gasteiger charge is 2.33. The van der Waals surface area contributed by atoms with Crippen molar-refractivity contribution in [2.24, 2.45) is 17.3 Å². The van der Waals surface area contributed by atoms with Crippen LogP contribution in [0.4, 0.5) is 4.79 Å². The van der Waals surface area contributed by atoms with Crippen LogP contribution in [0.1, 0.15) is 50.2 Å². The monoisotopic (exact) mass is 464 g/mol. The number of carboxylic acids is 1. The third-order valence-corrected chi connectivity index (χ3v) is 6.81. The summed E-state index contributed by atoms with van der Waals surface area (Å²) in [5, 5.41) is 14.8. The molecule has 0 aromatic heterocycles. The van der Waals surface area contributed by atoms with Crippen LogP contribution in [0.15, 0.2) is 48.5 Å². The van der Waals surface area contributed by atoms with Gasteiger partial charge in [0, 0.05) is 19.0 Å². The molecule has 2 aliphatic carbocycles. The Morgan fingerprint density at radius 1 is 1.00 bits per heavy atom. The van der Waals surface area contributed by atoms with Crippen LogP contribution in [-0.4, -0.2) is 42.8 Å². The second kappa shape index (κ2) is 9.87. The fourth-order valence-electron chi connectivity index (χ4n) is 4.51. The summed E-state index contributed by atoms with van der Waals surface area (Å²) in [6, 6.07) is 16.2. The predicted molar refractivity (Wildman–Crippen MR) is 128 cm³/mol. The minimum atomic E-state index is -0.909. The average Bonchev–Trinajstić information content (AvgIpc) is 3.59. The number of alkyl carbamates (subject to hydrolysis) is 1. The summed E-state index contributed by atoms with van der Waals surface area (Å²) < 4.78 is 5.54. The van der Waals surface area contributed by atoms with Crippen LogP contribution in [0.25, 0.3) is 11.1 Å². The van der Waals surface area contributed by atoms with Crippen molar-refractivity contribution in [2.75, 3.05) is 19.7 Å². The topological polar surface area (TPSA) is 105 Å². The predicted octanol–water partition coefficient (Wildman–Crippen LogP) is 4.17. The molecule has 3 N–H and O–H groups in total. The van der Waals surface area contributed by atoms with Gasteiger partial charge in [-0.15, -0.1) is 0 Å². The number of fused-ring (bicyclic) bond motifs is 3. The number of carbonyl (C=O) groups is 3. The lowest BCUT2D eigenvalue weighted by atomic mass is 9.91. The molecule has 34 heavy (non-hydrogen) atoms. The highest BCUT2D eigenvalue weighted by Crippen LogP contribution is 2.44. The molecule has 4 rings (SSSR count). The molecule has 0 radical (unpaired) electrons. The Morgan fingerprint density at radius 2 is 1.59 bits per heavy atom. The van der Waals surface area contributed by atoms with E-state index < -0.39 is 23.4 Å². The maximum absolute atomic E-state index is 12.7. The molecule has 2 amide bonds. The molecule has 7 heteroatoms. The molecular formula is C27H32N2O5. The van der Waals surface area contributed by atoms with Crippen molar-refractivity contribution >= 4 is 18.0 Å². The summed E-state index contributed by atoms with van der Waals surface area (Å²) in [4.78, 5) is 36.5. The van der Waals surface area contributed by atoms with Gasteiger partial charge in [0.1, 0.15) is 6.61 Å². The molecule has 2 aromatic rings. The van der Waals surface area contributed by atoms with Gasteiger partial charge in [-0.25, -0.2) is 4.79 Å². The van der Waals surface area contributed by atoms with Gasteiger partial charge < -0.3 is 20.5 Å². The second-order valence-corrected chi connectivity index (χ2v) is 9.99. The SMILES string of the molecule is CC(C)(CNC(=O)OCC1c2ccccc2-c2ccccc21)C(=O)NCC(CC1CC1)C(=O)O. The van der Waals surface area contributed by atoms with Gasteiger partial charge in [0.25, 0.3) is 0 Å². The number of ether oxygens (including phenoxy) is 1. The van der Waals surface area contributed by atoms with Gasteiger partial charge in [-0.2, -0.15) is 0 Å². The first-order chi connectivity index (χ1) is 16.3. The van der Waals surface area contributed by atoms with Crippen LogP contribution < -0.4 is 10.6 Å².